The van der Waals surface area contributed by atoms with E-state index in [-0.39, 0.29) is 0 Å². The van der Waals surface area contributed by atoms with Gasteiger partial charge in [0.25, 0.3) is 0 Å². The molecule has 0 spiro atoms. The lowest BCUT2D eigenvalue weighted by Crippen LogP contribution is -2.34. The van der Waals surface area contributed by atoms with Crippen LogP contribution < -0.4 is 10.6 Å². The molecule has 10 heavy (non-hydrogen) atoms. The summed E-state index contributed by atoms with van der Waals surface area (Å²) >= 11 is 0. The highest BCUT2D eigenvalue weighted by Crippen LogP contribution is 1.93. The fourth-order valence-corrected chi connectivity index (χ4v) is 1.13. The Kier molecular flexibility index (Phi) is 3.47. The smallest absolute Gasteiger partial charge is 0.0261 e. The Hall–Kier alpha value is -0.340. The lowest BCUT2D eigenvalue weighted by atomic mass is 10.4. The largest absolute Gasteiger partial charge is 0.315 e. The van der Waals surface area contributed by atoms with Gasteiger partial charge < -0.3 is 10.6 Å². The van der Waals surface area contributed by atoms with E-state index in [0.29, 0.717) is 6.04 Å². The van der Waals surface area contributed by atoms with Crippen molar-refractivity contribution in [1.82, 2.24) is 10.6 Å². The quantitative estimate of drug-likeness (QED) is 0.540. The first-order valence-corrected chi connectivity index (χ1v) is 3.83. The molecule has 2 heteroatoms. The van der Waals surface area contributed by atoms with Crippen molar-refractivity contribution >= 4 is 0 Å². The average molecular weight is 140 g/mol. The van der Waals surface area contributed by atoms with Gasteiger partial charge in [-0.1, -0.05) is 6.08 Å². The van der Waals surface area contributed by atoms with Gasteiger partial charge in [-0.25, -0.2) is 0 Å². The van der Waals surface area contributed by atoms with Gasteiger partial charge in [-0.05, 0) is 19.5 Å². The maximum Gasteiger partial charge on any atom is 0.0261 e. The van der Waals surface area contributed by atoms with Gasteiger partial charge in [-0.2, -0.15) is 0 Å². The fraction of sp³-hybridized carbons (Fsp3) is 0.625. The summed E-state index contributed by atoms with van der Waals surface area (Å²) in [5.74, 6) is 0. The van der Waals surface area contributed by atoms with Crippen LogP contribution in [0.4, 0.5) is 0 Å². The second-order valence-corrected chi connectivity index (χ2v) is 2.55. The first-order valence-electron chi connectivity index (χ1n) is 3.83. The normalized spacial score (nSPS) is 27.4. The molecule has 0 aliphatic carbocycles. The Bertz CT molecular complexity index is 93.4. The number of hydrogen-bond acceptors (Lipinski definition) is 2. The van der Waals surface area contributed by atoms with Crippen LogP contribution in [0, 0.1) is 6.42 Å². The predicted octanol–water partition coefficient (Wildman–Crippen LogP) is 0.328. The molecule has 1 rings (SSSR count). The summed E-state index contributed by atoms with van der Waals surface area (Å²) in [6, 6.07) is 0.486. The zero-order chi connectivity index (χ0) is 7.23. The summed E-state index contributed by atoms with van der Waals surface area (Å²) in [5.41, 5.74) is 0. The van der Waals surface area contributed by atoms with E-state index in [2.05, 4.69) is 23.6 Å². The van der Waals surface area contributed by atoms with Crippen LogP contribution >= 0.6 is 0 Å². The highest BCUT2D eigenvalue weighted by molar-refractivity contribution is 4.98. The van der Waals surface area contributed by atoms with Crippen molar-refractivity contribution in [1.29, 1.82) is 0 Å². The van der Waals surface area contributed by atoms with Crippen molar-refractivity contribution < 1.29 is 0 Å². The van der Waals surface area contributed by atoms with E-state index in [1.54, 1.807) is 0 Å². The van der Waals surface area contributed by atoms with Crippen LogP contribution in [0.1, 0.15) is 6.42 Å². The van der Waals surface area contributed by atoms with Crippen LogP contribution in [0.3, 0.4) is 0 Å². The van der Waals surface area contributed by atoms with E-state index in [1.165, 1.54) is 6.42 Å². The molecule has 1 atom stereocenters. The van der Waals surface area contributed by atoms with E-state index < -0.39 is 0 Å². The molecule has 0 amide bonds. The minimum atomic E-state index is 0.486. The molecule has 0 aromatic rings. The standard InChI is InChI=1S/C8H15N2/c1-2-4-8-7-9-5-3-6-10-8/h2,4,8-10H,1,3,5-7H2/i8+1. The molecule has 1 saturated heterocycles. The molecule has 0 saturated carbocycles. The van der Waals surface area contributed by atoms with Gasteiger partial charge in [0.2, 0.25) is 0 Å². The third-order valence-corrected chi connectivity index (χ3v) is 1.67. The zero-order valence-corrected chi connectivity index (χ0v) is 6.27. The number of nitrogens with one attached hydrogen (secondary N) is 2. The summed E-state index contributed by atoms with van der Waals surface area (Å²) in [6.07, 6.45) is 5.17. The molecule has 1 radical (unpaired) electrons. The Labute approximate surface area is 62.7 Å². The van der Waals surface area contributed by atoms with Crippen molar-refractivity contribution in [2.45, 2.75) is 12.5 Å². The third kappa shape index (κ3) is 2.50. The maximum atomic E-state index is 3.66. The SMILES string of the molecule is C=C[CH][13CH]1CNCCCN1. The molecular weight excluding hydrogens is 125 g/mol. The van der Waals surface area contributed by atoms with Crippen molar-refractivity contribution in [3.05, 3.63) is 19.1 Å². The third-order valence-electron chi connectivity index (χ3n) is 1.67. The minimum absolute atomic E-state index is 0.486. The zero-order valence-electron chi connectivity index (χ0n) is 6.27. The van der Waals surface area contributed by atoms with Crippen LogP contribution in [0.25, 0.3) is 0 Å². The van der Waals surface area contributed by atoms with E-state index in [4.69, 9.17) is 0 Å². The van der Waals surface area contributed by atoms with E-state index in [1.807, 2.05) is 6.08 Å². The lowest BCUT2D eigenvalue weighted by molar-refractivity contribution is 0.594. The van der Waals surface area contributed by atoms with Crippen LogP contribution in [-0.4, -0.2) is 25.7 Å². The predicted molar refractivity (Wildman–Crippen MR) is 43.8 cm³/mol. The molecule has 2 N–H and O–H groups in total. The second-order valence-electron chi connectivity index (χ2n) is 2.55. The van der Waals surface area contributed by atoms with Crippen molar-refractivity contribution in [2.75, 3.05) is 19.6 Å². The van der Waals surface area contributed by atoms with Crippen LogP contribution in [0.15, 0.2) is 12.7 Å². The van der Waals surface area contributed by atoms with E-state index in [0.717, 1.165) is 19.6 Å². The molecular formula is C8H15N2. The van der Waals surface area contributed by atoms with Gasteiger partial charge in [0.05, 0.1) is 0 Å². The monoisotopic (exact) mass is 140 g/mol. The van der Waals surface area contributed by atoms with Gasteiger partial charge in [-0.3, -0.25) is 0 Å². The maximum absolute atomic E-state index is 3.66. The highest BCUT2D eigenvalue weighted by atomic mass is 15.2. The molecule has 1 aliphatic heterocycles. The molecule has 2 nitrogen and oxygen atoms in total. The summed E-state index contributed by atoms with van der Waals surface area (Å²) in [4.78, 5) is 0. The minimum Gasteiger partial charge on any atom is -0.315 e. The van der Waals surface area contributed by atoms with Gasteiger partial charge in [0, 0.05) is 19.0 Å². The Morgan fingerprint density at radius 1 is 1.40 bits per heavy atom. The summed E-state index contributed by atoms with van der Waals surface area (Å²) < 4.78 is 0. The first kappa shape index (κ1) is 7.76. The molecule has 0 aromatic carbocycles. The summed E-state index contributed by atoms with van der Waals surface area (Å²) in [6.45, 7) is 6.94. The Morgan fingerprint density at radius 3 is 3.10 bits per heavy atom. The number of hydrogen-bond donors (Lipinski definition) is 2. The Morgan fingerprint density at radius 2 is 2.30 bits per heavy atom. The molecule has 1 heterocycles. The lowest BCUT2D eigenvalue weighted by Gasteiger charge is -2.11. The fourth-order valence-electron chi connectivity index (χ4n) is 1.13. The van der Waals surface area contributed by atoms with Gasteiger partial charge in [-0.15, -0.1) is 6.58 Å². The first-order chi connectivity index (χ1) is 4.93. The summed E-state index contributed by atoms with van der Waals surface area (Å²) in [5, 5.41) is 6.73. The number of rotatable bonds is 2. The van der Waals surface area contributed by atoms with Crippen LogP contribution in [-0.2, 0) is 0 Å². The topological polar surface area (TPSA) is 24.1 Å². The molecule has 57 valence electrons. The van der Waals surface area contributed by atoms with Crippen molar-refractivity contribution in [3.63, 3.8) is 0 Å². The van der Waals surface area contributed by atoms with Gasteiger partial charge in [0.1, 0.15) is 0 Å². The van der Waals surface area contributed by atoms with Gasteiger partial charge in [0.15, 0.2) is 0 Å². The van der Waals surface area contributed by atoms with Crippen molar-refractivity contribution in [3.8, 4) is 0 Å². The van der Waals surface area contributed by atoms with E-state index >= 15 is 0 Å². The molecule has 1 aliphatic rings. The molecule has 1 fully saturated rings. The Balaban J connectivity index is 2.21. The molecule has 0 aromatic heterocycles. The van der Waals surface area contributed by atoms with Gasteiger partial charge >= 0.3 is 0 Å². The van der Waals surface area contributed by atoms with Crippen molar-refractivity contribution in [2.24, 2.45) is 0 Å². The molecule has 1 unspecified atom stereocenters. The van der Waals surface area contributed by atoms with E-state index in [9.17, 15) is 0 Å². The molecule has 0 bridgehead atoms. The van der Waals surface area contributed by atoms with Crippen LogP contribution in [0.5, 0.6) is 0 Å². The van der Waals surface area contributed by atoms with Crippen LogP contribution in [0.2, 0.25) is 0 Å². The average Bonchev–Trinajstić information content (AvgIpc) is 2.17. The summed E-state index contributed by atoms with van der Waals surface area (Å²) in [7, 11) is 0. The highest BCUT2D eigenvalue weighted by Gasteiger charge is 2.07. The second kappa shape index (κ2) is 4.47.